The Bertz CT molecular complexity index is 1400. The molecule has 1 aliphatic heterocycles. The van der Waals surface area contributed by atoms with Gasteiger partial charge in [0.2, 0.25) is 5.91 Å². The quantitative estimate of drug-likeness (QED) is 0.223. The molecule has 3 heterocycles. The number of benzene rings is 2. The molecule has 0 spiro atoms. The summed E-state index contributed by atoms with van der Waals surface area (Å²) in [5, 5.41) is 8.46. The number of para-hydroxylation sites is 1. The number of ether oxygens (including phenoxy) is 1. The number of nitrogens with zero attached hydrogens (tertiary/aromatic N) is 2. The van der Waals surface area contributed by atoms with Gasteiger partial charge in [-0.3, -0.25) is 14.5 Å². The first kappa shape index (κ1) is 27.5. The average molecular weight is 563 g/mol. The van der Waals surface area contributed by atoms with Crippen molar-refractivity contribution >= 4 is 49.8 Å². The number of esters is 1. The first-order valence-corrected chi connectivity index (χ1v) is 15.1. The third kappa shape index (κ3) is 6.73. The van der Waals surface area contributed by atoms with E-state index in [0.29, 0.717) is 6.54 Å². The molecule has 1 atom stereocenters. The van der Waals surface area contributed by atoms with Crippen molar-refractivity contribution in [3.05, 3.63) is 70.6 Å². The van der Waals surface area contributed by atoms with Crippen molar-refractivity contribution in [2.75, 3.05) is 25.0 Å². The van der Waals surface area contributed by atoms with Crippen LogP contribution in [0.1, 0.15) is 42.7 Å². The SMILES string of the molecule is CCC(C)N(CCC(=O)Nc1sc2c(c1-c1nc3ccccc3s1)CCNC2)CC(=O)OCc1ccccc1. The molecule has 2 aromatic heterocycles. The fourth-order valence-corrected chi connectivity index (χ4v) is 7.07. The predicted octanol–water partition coefficient (Wildman–Crippen LogP) is 5.84. The van der Waals surface area contributed by atoms with E-state index in [1.807, 2.05) is 53.4 Å². The number of aromatic nitrogens is 1. The molecule has 1 unspecified atom stereocenters. The van der Waals surface area contributed by atoms with Gasteiger partial charge in [-0.2, -0.15) is 0 Å². The summed E-state index contributed by atoms with van der Waals surface area (Å²) < 4.78 is 6.64. The molecule has 0 saturated carbocycles. The topological polar surface area (TPSA) is 83.6 Å². The molecule has 204 valence electrons. The zero-order chi connectivity index (χ0) is 27.2. The maximum atomic E-state index is 13.2. The van der Waals surface area contributed by atoms with Gasteiger partial charge < -0.3 is 15.4 Å². The molecule has 4 aromatic rings. The highest BCUT2D eigenvalue weighted by Crippen LogP contribution is 2.44. The summed E-state index contributed by atoms with van der Waals surface area (Å²) in [5.41, 5.74) is 4.29. The molecule has 9 heteroatoms. The number of carbonyl (C=O) groups is 2. The van der Waals surface area contributed by atoms with Crippen LogP contribution in [0.4, 0.5) is 5.00 Å². The van der Waals surface area contributed by atoms with Gasteiger partial charge in [-0.25, -0.2) is 4.98 Å². The van der Waals surface area contributed by atoms with Crippen LogP contribution >= 0.6 is 22.7 Å². The molecule has 0 radical (unpaired) electrons. The van der Waals surface area contributed by atoms with Crippen LogP contribution in [0, 0.1) is 0 Å². The van der Waals surface area contributed by atoms with Crippen LogP contribution in [-0.2, 0) is 33.9 Å². The summed E-state index contributed by atoms with van der Waals surface area (Å²) in [7, 11) is 0. The van der Waals surface area contributed by atoms with Crippen molar-refractivity contribution < 1.29 is 14.3 Å². The number of rotatable bonds is 11. The van der Waals surface area contributed by atoms with E-state index in [1.165, 1.54) is 10.4 Å². The smallest absolute Gasteiger partial charge is 0.320 e. The van der Waals surface area contributed by atoms with Crippen molar-refractivity contribution in [3.63, 3.8) is 0 Å². The van der Waals surface area contributed by atoms with Crippen molar-refractivity contribution in [3.8, 4) is 10.6 Å². The largest absolute Gasteiger partial charge is 0.460 e. The minimum Gasteiger partial charge on any atom is -0.460 e. The summed E-state index contributed by atoms with van der Waals surface area (Å²) in [6, 6.07) is 18.0. The summed E-state index contributed by atoms with van der Waals surface area (Å²) in [6.07, 6.45) is 2.08. The van der Waals surface area contributed by atoms with Crippen molar-refractivity contribution in [2.24, 2.45) is 0 Å². The van der Waals surface area contributed by atoms with E-state index in [4.69, 9.17) is 9.72 Å². The zero-order valence-electron chi connectivity index (χ0n) is 22.4. The second kappa shape index (κ2) is 12.8. The maximum absolute atomic E-state index is 13.2. The van der Waals surface area contributed by atoms with E-state index in [0.717, 1.165) is 57.3 Å². The molecule has 7 nitrogen and oxygen atoms in total. The van der Waals surface area contributed by atoms with Gasteiger partial charge >= 0.3 is 5.97 Å². The Balaban J connectivity index is 1.25. The fourth-order valence-electron chi connectivity index (χ4n) is 4.73. The molecule has 1 aliphatic rings. The predicted molar refractivity (Wildman–Crippen MR) is 159 cm³/mol. The molecule has 0 bridgehead atoms. The summed E-state index contributed by atoms with van der Waals surface area (Å²) >= 11 is 3.31. The lowest BCUT2D eigenvalue weighted by atomic mass is 10.0. The highest BCUT2D eigenvalue weighted by molar-refractivity contribution is 7.22. The molecule has 2 aromatic carbocycles. The lowest BCUT2D eigenvalue weighted by molar-refractivity contribution is -0.147. The molecule has 0 saturated heterocycles. The second-order valence-corrected chi connectivity index (χ2v) is 11.9. The van der Waals surface area contributed by atoms with E-state index >= 15 is 0 Å². The standard InChI is InChI=1S/C30H34N4O3S2/c1-3-20(2)34(18-27(36)37-19-21-9-5-4-6-10-21)16-14-26(35)33-30-28(22-13-15-31-17-25(22)39-30)29-32-23-11-7-8-12-24(23)38-29/h4-12,20,31H,3,13-19H2,1-2H3,(H,33,35). The van der Waals surface area contributed by atoms with Gasteiger partial charge in [0.05, 0.1) is 16.8 Å². The van der Waals surface area contributed by atoms with Crippen molar-refractivity contribution in [1.29, 1.82) is 0 Å². The first-order chi connectivity index (χ1) is 19.0. The minimum atomic E-state index is -0.281. The van der Waals surface area contributed by atoms with E-state index in [9.17, 15) is 9.59 Å². The van der Waals surface area contributed by atoms with E-state index < -0.39 is 0 Å². The van der Waals surface area contributed by atoms with E-state index in [-0.39, 0.29) is 37.5 Å². The van der Waals surface area contributed by atoms with Crippen LogP contribution in [0.2, 0.25) is 0 Å². The van der Waals surface area contributed by atoms with Crippen LogP contribution in [0.15, 0.2) is 54.6 Å². The molecular formula is C30H34N4O3S2. The maximum Gasteiger partial charge on any atom is 0.320 e. The first-order valence-electron chi connectivity index (χ1n) is 13.5. The number of hydrogen-bond acceptors (Lipinski definition) is 8. The van der Waals surface area contributed by atoms with Gasteiger partial charge in [0.15, 0.2) is 0 Å². The number of amides is 1. The van der Waals surface area contributed by atoms with Crippen LogP contribution < -0.4 is 10.6 Å². The minimum absolute atomic E-state index is 0.0603. The third-order valence-corrected chi connectivity index (χ3v) is 9.31. The highest BCUT2D eigenvalue weighted by Gasteiger charge is 2.25. The molecule has 5 rings (SSSR count). The Morgan fingerprint density at radius 2 is 1.92 bits per heavy atom. The Morgan fingerprint density at radius 1 is 1.13 bits per heavy atom. The average Bonchev–Trinajstić information content (AvgIpc) is 3.54. The number of thiophene rings is 1. The van der Waals surface area contributed by atoms with Gasteiger partial charge in [-0.1, -0.05) is 49.4 Å². The van der Waals surface area contributed by atoms with E-state index in [2.05, 4.69) is 30.5 Å². The molecule has 0 fully saturated rings. The lowest BCUT2D eigenvalue weighted by Gasteiger charge is -2.27. The van der Waals surface area contributed by atoms with Gasteiger partial charge in [0, 0.05) is 36.0 Å². The number of nitrogens with one attached hydrogen (secondary N) is 2. The monoisotopic (exact) mass is 562 g/mol. The fraction of sp³-hybridized carbons (Fsp3) is 0.367. The van der Waals surface area contributed by atoms with Gasteiger partial charge in [0.25, 0.3) is 0 Å². The number of anilines is 1. The molecule has 1 amide bonds. The zero-order valence-corrected chi connectivity index (χ0v) is 24.0. The number of thiazole rings is 1. The van der Waals surface area contributed by atoms with Crippen LogP contribution in [0.25, 0.3) is 20.8 Å². The number of hydrogen-bond donors (Lipinski definition) is 2. The third-order valence-electron chi connectivity index (χ3n) is 7.10. The van der Waals surface area contributed by atoms with Crippen LogP contribution in [0.5, 0.6) is 0 Å². The second-order valence-electron chi connectivity index (χ2n) is 9.79. The Kier molecular flexibility index (Phi) is 9.03. The number of fused-ring (bicyclic) bond motifs is 2. The van der Waals surface area contributed by atoms with Gasteiger partial charge in [-0.15, -0.1) is 22.7 Å². The van der Waals surface area contributed by atoms with Crippen LogP contribution in [0.3, 0.4) is 0 Å². The van der Waals surface area contributed by atoms with Crippen LogP contribution in [-0.4, -0.2) is 47.4 Å². The molecular weight excluding hydrogens is 528 g/mol. The molecule has 0 aliphatic carbocycles. The summed E-state index contributed by atoms with van der Waals surface area (Å²) in [5.74, 6) is -0.342. The Hall–Kier alpha value is -3.11. The highest BCUT2D eigenvalue weighted by atomic mass is 32.1. The van der Waals surface area contributed by atoms with Crippen molar-refractivity contribution in [1.82, 2.24) is 15.2 Å². The normalized spacial score (nSPS) is 13.8. The summed E-state index contributed by atoms with van der Waals surface area (Å²) in [4.78, 5) is 34.0. The van der Waals surface area contributed by atoms with Gasteiger partial charge in [-0.05, 0) is 49.6 Å². The van der Waals surface area contributed by atoms with Crippen molar-refractivity contribution in [2.45, 2.75) is 52.3 Å². The Morgan fingerprint density at radius 3 is 2.72 bits per heavy atom. The number of carbonyl (C=O) groups excluding carboxylic acids is 2. The molecule has 39 heavy (non-hydrogen) atoms. The van der Waals surface area contributed by atoms with Gasteiger partial charge in [0.1, 0.15) is 16.6 Å². The Labute approximate surface area is 237 Å². The lowest BCUT2D eigenvalue weighted by Crippen LogP contribution is -2.39. The van der Waals surface area contributed by atoms with E-state index in [1.54, 1.807) is 22.7 Å². The molecule has 2 N–H and O–H groups in total. The summed E-state index contributed by atoms with van der Waals surface area (Å²) in [6.45, 7) is 6.77.